The molecule has 2 saturated heterocycles. The van der Waals surface area contributed by atoms with Crippen LogP contribution in [0.4, 0.5) is 13.2 Å². The number of hydrogen-bond donors (Lipinski definition) is 2. The minimum atomic E-state index is -4.38. The number of nitrogens with one attached hydrogen (secondary N) is 2. The van der Waals surface area contributed by atoms with E-state index in [0.717, 1.165) is 25.5 Å². The second kappa shape index (κ2) is 7.96. The van der Waals surface area contributed by atoms with Crippen LogP contribution in [0.1, 0.15) is 36.8 Å². The fourth-order valence-corrected chi connectivity index (χ4v) is 3.83. The molecule has 1 amide bonds. The molecular formula is C19H25F3N2O2. The van der Waals surface area contributed by atoms with E-state index in [1.165, 1.54) is 12.1 Å². The van der Waals surface area contributed by atoms with Crippen LogP contribution in [0.2, 0.25) is 0 Å². The van der Waals surface area contributed by atoms with E-state index in [2.05, 4.69) is 10.6 Å². The fraction of sp³-hybridized carbons (Fsp3) is 0.632. The van der Waals surface area contributed by atoms with Gasteiger partial charge in [-0.2, -0.15) is 13.2 Å². The van der Waals surface area contributed by atoms with Crippen molar-refractivity contribution in [3.63, 3.8) is 0 Å². The van der Waals surface area contributed by atoms with Crippen molar-refractivity contribution >= 4 is 5.91 Å². The average molecular weight is 370 g/mol. The Morgan fingerprint density at radius 3 is 2.73 bits per heavy atom. The zero-order chi connectivity index (χ0) is 18.6. The molecule has 2 N–H and O–H groups in total. The van der Waals surface area contributed by atoms with Crippen molar-refractivity contribution in [2.24, 2.45) is 5.92 Å². The normalized spacial score (nSPS) is 23.4. The lowest BCUT2D eigenvalue weighted by Gasteiger charge is -2.38. The zero-order valence-electron chi connectivity index (χ0n) is 14.7. The highest BCUT2D eigenvalue weighted by Gasteiger charge is 2.38. The maximum Gasteiger partial charge on any atom is 0.416 e. The Bertz CT molecular complexity index is 621. The number of carbonyl (C=O) groups is 1. The van der Waals surface area contributed by atoms with Gasteiger partial charge in [0.05, 0.1) is 11.5 Å². The number of amides is 1. The molecule has 0 bridgehead atoms. The number of carbonyl (C=O) groups excluding carboxylic acids is 1. The van der Waals surface area contributed by atoms with Gasteiger partial charge in [-0.3, -0.25) is 4.79 Å². The largest absolute Gasteiger partial charge is 0.416 e. The molecule has 0 aliphatic carbocycles. The van der Waals surface area contributed by atoms with Crippen molar-refractivity contribution in [2.75, 3.05) is 32.8 Å². The van der Waals surface area contributed by atoms with Crippen LogP contribution >= 0.6 is 0 Å². The second-order valence-electron chi connectivity index (χ2n) is 7.23. The molecule has 0 saturated carbocycles. The first-order valence-electron chi connectivity index (χ1n) is 9.15. The summed E-state index contributed by atoms with van der Waals surface area (Å²) in [6, 6.07) is 5.49. The van der Waals surface area contributed by atoms with Crippen LogP contribution in [-0.2, 0) is 21.1 Å². The molecule has 2 aliphatic rings. The average Bonchev–Trinajstić information content (AvgIpc) is 2.67. The van der Waals surface area contributed by atoms with Gasteiger partial charge in [0.2, 0.25) is 5.91 Å². The van der Waals surface area contributed by atoms with E-state index in [-0.39, 0.29) is 11.8 Å². The standard InChI is InChI=1S/C19H25F3N2O2/c20-19(21,22)16-5-1-4-15(11-16)18(6-9-26-10-7-18)13-24-17(25)14-3-2-8-23-12-14/h1,4-5,11,14,23H,2-3,6-10,12-13H2,(H,24,25). The van der Waals surface area contributed by atoms with Gasteiger partial charge in [0.1, 0.15) is 0 Å². The van der Waals surface area contributed by atoms with Crippen molar-refractivity contribution < 1.29 is 22.7 Å². The second-order valence-corrected chi connectivity index (χ2v) is 7.23. The summed E-state index contributed by atoms with van der Waals surface area (Å²) in [6.45, 7) is 2.89. The molecule has 3 rings (SSSR count). The maximum absolute atomic E-state index is 13.1. The molecule has 2 aliphatic heterocycles. The minimum absolute atomic E-state index is 0.0185. The van der Waals surface area contributed by atoms with E-state index in [0.29, 0.717) is 44.7 Å². The fourth-order valence-electron chi connectivity index (χ4n) is 3.83. The molecule has 1 atom stereocenters. The number of halogens is 3. The third-order valence-corrected chi connectivity index (χ3v) is 5.52. The lowest BCUT2D eigenvalue weighted by molar-refractivity contribution is -0.137. The summed E-state index contributed by atoms with van der Waals surface area (Å²) in [4.78, 5) is 12.5. The van der Waals surface area contributed by atoms with Gasteiger partial charge < -0.3 is 15.4 Å². The SMILES string of the molecule is O=C(NCC1(c2cccc(C(F)(F)F)c2)CCOCC1)C1CCCNC1. The van der Waals surface area contributed by atoms with E-state index in [4.69, 9.17) is 4.74 Å². The third kappa shape index (κ3) is 4.38. The van der Waals surface area contributed by atoms with Gasteiger partial charge in [0.15, 0.2) is 0 Å². The van der Waals surface area contributed by atoms with E-state index in [1.807, 2.05) is 0 Å². The molecule has 7 heteroatoms. The molecule has 0 spiro atoms. The molecule has 2 fully saturated rings. The van der Waals surface area contributed by atoms with Gasteiger partial charge in [-0.05, 0) is 43.9 Å². The smallest absolute Gasteiger partial charge is 0.381 e. The van der Waals surface area contributed by atoms with Crippen LogP contribution in [0.5, 0.6) is 0 Å². The first kappa shape index (κ1) is 19.2. The summed E-state index contributed by atoms with van der Waals surface area (Å²) in [7, 11) is 0. The molecule has 1 unspecified atom stereocenters. The van der Waals surface area contributed by atoms with Crippen LogP contribution in [0, 0.1) is 5.92 Å². The van der Waals surface area contributed by atoms with Crippen molar-refractivity contribution in [1.82, 2.24) is 10.6 Å². The maximum atomic E-state index is 13.1. The first-order valence-corrected chi connectivity index (χ1v) is 9.15. The summed E-state index contributed by atoms with van der Waals surface area (Å²) >= 11 is 0. The minimum Gasteiger partial charge on any atom is -0.381 e. The molecular weight excluding hydrogens is 345 g/mol. The number of alkyl halides is 3. The Morgan fingerprint density at radius 2 is 2.08 bits per heavy atom. The topological polar surface area (TPSA) is 50.4 Å². The molecule has 0 aromatic heterocycles. The lowest BCUT2D eigenvalue weighted by Crippen LogP contribution is -2.48. The van der Waals surface area contributed by atoms with Gasteiger partial charge >= 0.3 is 6.18 Å². The summed E-state index contributed by atoms with van der Waals surface area (Å²) in [5, 5.41) is 6.22. The van der Waals surface area contributed by atoms with Crippen molar-refractivity contribution in [1.29, 1.82) is 0 Å². The van der Waals surface area contributed by atoms with Crippen molar-refractivity contribution in [3.05, 3.63) is 35.4 Å². The van der Waals surface area contributed by atoms with Gasteiger partial charge in [-0.1, -0.05) is 18.2 Å². The van der Waals surface area contributed by atoms with Crippen LogP contribution in [-0.4, -0.2) is 38.8 Å². The lowest BCUT2D eigenvalue weighted by atomic mass is 9.73. The van der Waals surface area contributed by atoms with Crippen LogP contribution in [0.25, 0.3) is 0 Å². The highest BCUT2D eigenvalue weighted by molar-refractivity contribution is 5.79. The van der Waals surface area contributed by atoms with Gasteiger partial charge in [-0.25, -0.2) is 0 Å². The molecule has 2 heterocycles. The van der Waals surface area contributed by atoms with E-state index >= 15 is 0 Å². The Kier molecular flexibility index (Phi) is 5.87. The van der Waals surface area contributed by atoms with Gasteiger partial charge in [0, 0.05) is 31.7 Å². The van der Waals surface area contributed by atoms with E-state index in [9.17, 15) is 18.0 Å². The first-order chi connectivity index (χ1) is 12.4. The highest BCUT2D eigenvalue weighted by atomic mass is 19.4. The molecule has 4 nitrogen and oxygen atoms in total. The number of ether oxygens (including phenoxy) is 1. The Hall–Kier alpha value is -1.60. The number of piperidine rings is 1. The number of hydrogen-bond acceptors (Lipinski definition) is 3. The predicted molar refractivity (Wildman–Crippen MR) is 91.8 cm³/mol. The Morgan fingerprint density at radius 1 is 1.31 bits per heavy atom. The summed E-state index contributed by atoms with van der Waals surface area (Å²) < 4.78 is 44.8. The predicted octanol–water partition coefficient (Wildman–Crippen LogP) is 2.87. The van der Waals surface area contributed by atoms with Crippen molar-refractivity contribution in [3.8, 4) is 0 Å². The zero-order valence-corrected chi connectivity index (χ0v) is 14.7. The number of rotatable bonds is 4. The highest BCUT2D eigenvalue weighted by Crippen LogP contribution is 2.37. The molecule has 144 valence electrons. The van der Waals surface area contributed by atoms with Gasteiger partial charge in [-0.15, -0.1) is 0 Å². The Labute approximate surface area is 151 Å². The quantitative estimate of drug-likeness (QED) is 0.857. The van der Waals surface area contributed by atoms with E-state index < -0.39 is 17.2 Å². The van der Waals surface area contributed by atoms with Gasteiger partial charge in [0.25, 0.3) is 0 Å². The van der Waals surface area contributed by atoms with Crippen LogP contribution in [0.3, 0.4) is 0 Å². The van der Waals surface area contributed by atoms with Crippen LogP contribution < -0.4 is 10.6 Å². The number of benzene rings is 1. The monoisotopic (exact) mass is 370 g/mol. The summed E-state index contributed by atoms with van der Waals surface area (Å²) in [5.74, 6) is -0.0859. The van der Waals surface area contributed by atoms with Crippen LogP contribution in [0.15, 0.2) is 24.3 Å². The third-order valence-electron chi connectivity index (χ3n) is 5.52. The van der Waals surface area contributed by atoms with E-state index in [1.54, 1.807) is 6.07 Å². The molecule has 26 heavy (non-hydrogen) atoms. The summed E-state index contributed by atoms with van der Waals surface area (Å²) in [6.07, 6.45) is -1.38. The molecule has 1 aromatic rings. The molecule has 1 aromatic carbocycles. The van der Waals surface area contributed by atoms with Crippen molar-refractivity contribution in [2.45, 2.75) is 37.3 Å². The molecule has 0 radical (unpaired) electrons. The Balaban J connectivity index is 1.77. The summed E-state index contributed by atoms with van der Waals surface area (Å²) in [5.41, 5.74) is -0.543.